The first kappa shape index (κ1) is 25.6. The van der Waals surface area contributed by atoms with Gasteiger partial charge in [-0.15, -0.1) is 0 Å². The largest absolute Gasteiger partial charge is 0.497 e. The molecule has 2 amide bonds. The molecule has 0 atom stereocenters. The third-order valence-corrected chi connectivity index (χ3v) is 6.63. The monoisotopic (exact) mass is 597 g/mol. The number of carbonyl (C=O) groups is 2. The number of fused-ring (bicyclic) bond motifs is 1. The van der Waals surface area contributed by atoms with Gasteiger partial charge in [0.15, 0.2) is 0 Å². The van der Waals surface area contributed by atoms with Crippen LogP contribution in [0.5, 0.6) is 5.75 Å². The minimum atomic E-state index is -0.624. The highest BCUT2D eigenvalue weighted by atomic mass is 127. The number of halogens is 1. The van der Waals surface area contributed by atoms with E-state index in [1.54, 1.807) is 13.2 Å². The highest BCUT2D eigenvalue weighted by Gasteiger charge is 2.26. The fourth-order valence-corrected chi connectivity index (χ4v) is 4.92. The molecule has 4 aromatic rings. The topological polar surface area (TPSA) is 112 Å². The highest BCUT2D eigenvalue weighted by Crippen LogP contribution is 2.32. The fourth-order valence-electron chi connectivity index (χ4n) is 4.21. The molecule has 0 aliphatic rings. The van der Waals surface area contributed by atoms with Crippen molar-refractivity contribution in [2.24, 2.45) is 5.73 Å². The van der Waals surface area contributed by atoms with Gasteiger partial charge in [0, 0.05) is 22.8 Å². The van der Waals surface area contributed by atoms with Gasteiger partial charge in [-0.25, -0.2) is 0 Å². The van der Waals surface area contributed by atoms with Crippen LogP contribution in [0.3, 0.4) is 0 Å². The van der Waals surface area contributed by atoms with Gasteiger partial charge in [0.2, 0.25) is 5.91 Å². The van der Waals surface area contributed by atoms with E-state index in [0.717, 1.165) is 31.5 Å². The molecule has 8 nitrogen and oxygen atoms in total. The third-order valence-electron chi connectivity index (χ3n) is 5.84. The maximum atomic E-state index is 13.0. The quantitative estimate of drug-likeness (QED) is 0.301. The summed E-state index contributed by atoms with van der Waals surface area (Å²) in [7, 11) is 1.64. The van der Waals surface area contributed by atoms with Crippen molar-refractivity contribution in [3.05, 3.63) is 80.8 Å². The van der Waals surface area contributed by atoms with Crippen LogP contribution in [-0.4, -0.2) is 33.7 Å². The van der Waals surface area contributed by atoms with E-state index in [1.165, 1.54) is 6.20 Å². The zero-order valence-corrected chi connectivity index (χ0v) is 22.8. The number of rotatable bonds is 7. The van der Waals surface area contributed by atoms with Gasteiger partial charge in [-0.3, -0.25) is 19.3 Å². The molecule has 2 heterocycles. The molecule has 0 unspecified atom stereocenters. The summed E-state index contributed by atoms with van der Waals surface area (Å²) in [5, 5.41) is 8.69. The summed E-state index contributed by atoms with van der Waals surface area (Å²) in [6, 6.07) is 15.5. The molecule has 2 aromatic heterocycles. The smallest absolute Gasteiger partial charge is 0.267 e. The summed E-state index contributed by atoms with van der Waals surface area (Å²) in [6.45, 7) is 6.45. The normalized spacial score (nSPS) is 11.5. The van der Waals surface area contributed by atoms with Gasteiger partial charge in [-0.2, -0.15) is 5.10 Å². The van der Waals surface area contributed by atoms with Gasteiger partial charge >= 0.3 is 0 Å². The number of amides is 2. The predicted octanol–water partition coefficient (Wildman–Crippen LogP) is 4.67. The van der Waals surface area contributed by atoms with Gasteiger partial charge in [-0.1, -0.05) is 39.0 Å². The van der Waals surface area contributed by atoms with Crippen molar-refractivity contribution >= 4 is 51.0 Å². The average Bonchev–Trinajstić information content (AvgIpc) is 3.13. The van der Waals surface area contributed by atoms with E-state index in [2.05, 4.69) is 32.9 Å². The lowest BCUT2D eigenvalue weighted by Gasteiger charge is -2.24. The minimum absolute atomic E-state index is 0.165. The fraction of sp³-hybridized carbons (Fsp3) is 0.259. The van der Waals surface area contributed by atoms with E-state index in [4.69, 9.17) is 15.6 Å². The summed E-state index contributed by atoms with van der Waals surface area (Å²) in [5.74, 6) is -0.0164. The van der Waals surface area contributed by atoms with E-state index in [9.17, 15) is 9.59 Å². The van der Waals surface area contributed by atoms with Gasteiger partial charge in [0.1, 0.15) is 15.1 Å². The van der Waals surface area contributed by atoms with Crippen LogP contribution in [0.1, 0.15) is 48.0 Å². The van der Waals surface area contributed by atoms with Crippen molar-refractivity contribution in [2.75, 3.05) is 12.4 Å². The molecule has 9 heteroatoms. The summed E-state index contributed by atoms with van der Waals surface area (Å²) >= 11 is 2.23. The molecule has 0 saturated heterocycles. The second-order valence-corrected chi connectivity index (χ2v) is 10.6. The van der Waals surface area contributed by atoms with Crippen molar-refractivity contribution in [1.82, 2.24) is 14.8 Å². The Labute approximate surface area is 223 Å². The van der Waals surface area contributed by atoms with Crippen LogP contribution in [0, 0.1) is 3.70 Å². The molecule has 0 bridgehead atoms. The molecule has 0 aliphatic heterocycles. The van der Waals surface area contributed by atoms with E-state index in [1.807, 2.05) is 67.9 Å². The Kier molecular flexibility index (Phi) is 7.30. The van der Waals surface area contributed by atoms with Crippen molar-refractivity contribution in [1.29, 1.82) is 0 Å². The van der Waals surface area contributed by atoms with Crippen LogP contribution >= 0.6 is 22.6 Å². The first-order chi connectivity index (χ1) is 17.1. The lowest BCUT2D eigenvalue weighted by molar-refractivity contribution is -0.115. The number of primary amides is 1. The van der Waals surface area contributed by atoms with Crippen LogP contribution in [-0.2, 0) is 23.2 Å². The summed E-state index contributed by atoms with van der Waals surface area (Å²) in [4.78, 5) is 29.1. The lowest BCUT2D eigenvalue weighted by atomic mass is 9.84. The van der Waals surface area contributed by atoms with E-state index >= 15 is 0 Å². The molecule has 186 valence electrons. The van der Waals surface area contributed by atoms with Crippen LogP contribution in [0.4, 0.5) is 5.69 Å². The molecule has 4 rings (SSSR count). The number of nitrogens with two attached hydrogens (primary N) is 1. The molecule has 0 aliphatic carbocycles. The number of benzene rings is 2. The number of carbonyl (C=O) groups excluding carboxylic acids is 2. The first-order valence-electron chi connectivity index (χ1n) is 11.4. The lowest BCUT2D eigenvalue weighted by Crippen LogP contribution is -2.26. The number of pyridine rings is 1. The third kappa shape index (κ3) is 5.51. The molecular weight excluding hydrogens is 569 g/mol. The Morgan fingerprint density at radius 3 is 2.42 bits per heavy atom. The minimum Gasteiger partial charge on any atom is -0.497 e. The highest BCUT2D eigenvalue weighted by molar-refractivity contribution is 14.1. The number of ether oxygens (including phenoxy) is 1. The number of methoxy groups -OCH3 is 1. The summed E-state index contributed by atoms with van der Waals surface area (Å²) in [5.41, 5.74) is 9.33. The number of aromatic nitrogens is 3. The Morgan fingerprint density at radius 1 is 1.08 bits per heavy atom. The second-order valence-electron chi connectivity index (χ2n) is 9.57. The van der Waals surface area contributed by atoms with Gasteiger partial charge in [0.25, 0.3) is 5.91 Å². The second kappa shape index (κ2) is 10.3. The standard InChI is InChI=1S/C27H28IN5O3/c1-27(2,3)23-20(11-12-30-24(23)26(29)35)31-22(34)14-17-7-10-19-21(13-17)33(32-25(19)28)15-16-5-8-18(36-4)9-6-16/h5-13H,14-15H2,1-4H3,(H2,29,35)(H,30,31,34). The first-order valence-corrected chi connectivity index (χ1v) is 12.5. The van der Waals surface area contributed by atoms with Crippen LogP contribution in [0.25, 0.3) is 10.9 Å². The Balaban J connectivity index is 1.59. The molecule has 0 spiro atoms. The zero-order chi connectivity index (χ0) is 26.0. The maximum Gasteiger partial charge on any atom is 0.267 e. The summed E-state index contributed by atoms with van der Waals surface area (Å²) < 4.78 is 8.09. The van der Waals surface area contributed by atoms with E-state index in [0.29, 0.717) is 17.8 Å². The van der Waals surface area contributed by atoms with Crippen molar-refractivity contribution in [3.8, 4) is 5.75 Å². The SMILES string of the molecule is COc1ccc(Cn2nc(I)c3ccc(CC(=O)Nc4ccnc(C(N)=O)c4C(C)(C)C)cc32)cc1. The molecule has 36 heavy (non-hydrogen) atoms. The van der Waals surface area contributed by atoms with Gasteiger partial charge < -0.3 is 15.8 Å². The van der Waals surface area contributed by atoms with Crippen molar-refractivity contribution in [3.63, 3.8) is 0 Å². The maximum absolute atomic E-state index is 13.0. The van der Waals surface area contributed by atoms with Gasteiger partial charge in [-0.05, 0) is 69.5 Å². The van der Waals surface area contributed by atoms with Gasteiger partial charge in [0.05, 0.1) is 25.6 Å². The Morgan fingerprint density at radius 2 is 1.78 bits per heavy atom. The molecule has 0 saturated carbocycles. The number of hydrogen-bond acceptors (Lipinski definition) is 5. The Hall–Kier alpha value is -3.47. The van der Waals surface area contributed by atoms with E-state index in [-0.39, 0.29) is 18.0 Å². The number of anilines is 1. The van der Waals surface area contributed by atoms with E-state index < -0.39 is 11.3 Å². The molecule has 2 aromatic carbocycles. The average molecular weight is 597 g/mol. The number of nitrogens with zero attached hydrogens (tertiary/aromatic N) is 3. The predicted molar refractivity (Wildman–Crippen MR) is 148 cm³/mol. The molecule has 0 radical (unpaired) electrons. The van der Waals surface area contributed by atoms with Crippen LogP contribution in [0.15, 0.2) is 54.7 Å². The number of nitrogens with one attached hydrogen (secondary N) is 1. The molecule has 3 N–H and O–H groups in total. The zero-order valence-electron chi connectivity index (χ0n) is 20.6. The summed E-state index contributed by atoms with van der Waals surface area (Å²) in [6.07, 6.45) is 1.65. The van der Waals surface area contributed by atoms with Crippen molar-refractivity contribution in [2.45, 2.75) is 39.2 Å². The number of hydrogen-bond donors (Lipinski definition) is 2. The molecule has 0 fully saturated rings. The van der Waals surface area contributed by atoms with Crippen LogP contribution in [0.2, 0.25) is 0 Å². The molecular formula is C27H28IN5O3. The van der Waals surface area contributed by atoms with Crippen molar-refractivity contribution < 1.29 is 14.3 Å². The van der Waals surface area contributed by atoms with Crippen LogP contribution < -0.4 is 15.8 Å². The Bertz CT molecular complexity index is 1440.